The molecule has 5 heteroatoms. The van der Waals surface area contributed by atoms with Crippen molar-refractivity contribution in [2.24, 2.45) is 5.73 Å². The Morgan fingerprint density at radius 2 is 2.05 bits per heavy atom. The van der Waals surface area contributed by atoms with Gasteiger partial charge in [0.15, 0.2) is 0 Å². The van der Waals surface area contributed by atoms with Crippen LogP contribution in [0.3, 0.4) is 0 Å². The second-order valence-corrected chi connectivity index (χ2v) is 6.61. The fourth-order valence-electron chi connectivity index (χ4n) is 2.53. The number of thiocarbonyl (C=S) groups is 1. The molecular formula is C16H16N2OS2. The van der Waals surface area contributed by atoms with Gasteiger partial charge < -0.3 is 10.6 Å². The molecule has 0 bridgehead atoms. The maximum atomic E-state index is 12.4. The third kappa shape index (κ3) is 3.14. The summed E-state index contributed by atoms with van der Waals surface area (Å²) in [5.41, 5.74) is 8.70. The molecule has 108 valence electrons. The van der Waals surface area contributed by atoms with E-state index in [2.05, 4.69) is 11.4 Å². The van der Waals surface area contributed by atoms with Crippen molar-refractivity contribution >= 4 is 34.5 Å². The van der Waals surface area contributed by atoms with Crippen LogP contribution in [0.15, 0.2) is 35.7 Å². The highest BCUT2D eigenvalue weighted by Crippen LogP contribution is 2.24. The number of nitrogens with zero attached hydrogens (tertiary/aromatic N) is 1. The Bertz CT molecular complexity index is 676. The first-order valence-corrected chi connectivity index (χ1v) is 8.14. The molecule has 1 aliphatic rings. The number of carbonyl (C=O) groups is 1. The number of hydrogen-bond acceptors (Lipinski definition) is 3. The molecule has 1 aromatic carbocycles. The van der Waals surface area contributed by atoms with Gasteiger partial charge in [-0.05, 0) is 29.0 Å². The second-order valence-electron chi connectivity index (χ2n) is 5.17. The van der Waals surface area contributed by atoms with Gasteiger partial charge in [0.1, 0.15) is 4.99 Å². The van der Waals surface area contributed by atoms with Crippen LogP contribution in [-0.4, -0.2) is 22.3 Å². The molecule has 21 heavy (non-hydrogen) atoms. The van der Waals surface area contributed by atoms with Crippen LogP contribution in [0, 0.1) is 0 Å². The molecule has 2 heterocycles. The van der Waals surface area contributed by atoms with Crippen molar-refractivity contribution in [3.05, 3.63) is 57.3 Å². The molecule has 0 atom stereocenters. The molecule has 0 spiro atoms. The van der Waals surface area contributed by atoms with Gasteiger partial charge in [-0.1, -0.05) is 36.5 Å². The summed E-state index contributed by atoms with van der Waals surface area (Å²) in [7, 11) is 0. The third-order valence-electron chi connectivity index (χ3n) is 3.75. The predicted octanol–water partition coefficient (Wildman–Crippen LogP) is 2.51. The number of hydrogen-bond donors (Lipinski definition) is 1. The molecule has 0 saturated carbocycles. The normalized spacial score (nSPS) is 13.8. The SMILES string of the molecule is NC(=S)c1ccc(CC(=O)N2CCc3sccc3C2)cc1. The number of carbonyl (C=O) groups excluding carboxylic acids is 1. The second kappa shape index (κ2) is 5.95. The summed E-state index contributed by atoms with van der Waals surface area (Å²) in [6, 6.07) is 9.71. The number of thiophene rings is 1. The summed E-state index contributed by atoms with van der Waals surface area (Å²) >= 11 is 6.71. The van der Waals surface area contributed by atoms with Crippen molar-refractivity contribution in [3.8, 4) is 0 Å². The van der Waals surface area contributed by atoms with Gasteiger partial charge in [0, 0.05) is 23.5 Å². The summed E-state index contributed by atoms with van der Waals surface area (Å²) in [6.07, 6.45) is 1.40. The lowest BCUT2D eigenvalue weighted by atomic mass is 10.1. The van der Waals surface area contributed by atoms with Crippen LogP contribution in [0.1, 0.15) is 21.6 Å². The van der Waals surface area contributed by atoms with Crippen molar-refractivity contribution in [1.29, 1.82) is 0 Å². The zero-order chi connectivity index (χ0) is 14.8. The first-order chi connectivity index (χ1) is 10.1. The molecule has 0 radical (unpaired) electrons. The van der Waals surface area contributed by atoms with Gasteiger partial charge in [0.2, 0.25) is 5.91 Å². The lowest BCUT2D eigenvalue weighted by Crippen LogP contribution is -2.36. The zero-order valence-corrected chi connectivity index (χ0v) is 13.2. The molecule has 2 N–H and O–H groups in total. The van der Waals surface area contributed by atoms with E-state index in [-0.39, 0.29) is 5.91 Å². The average molecular weight is 316 g/mol. The van der Waals surface area contributed by atoms with Crippen LogP contribution < -0.4 is 5.73 Å². The van der Waals surface area contributed by atoms with Gasteiger partial charge in [-0.2, -0.15) is 0 Å². The van der Waals surface area contributed by atoms with E-state index in [1.54, 1.807) is 11.3 Å². The smallest absolute Gasteiger partial charge is 0.227 e. The monoisotopic (exact) mass is 316 g/mol. The maximum absolute atomic E-state index is 12.4. The largest absolute Gasteiger partial charge is 0.389 e. The van der Waals surface area contributed by atoms with E-state index in [1.807, 2.05) is 29.2 Å². The summed E-state index contributed by atoms with van der Waals surface area (Å²) in [5, 5.41) is 2.10. The lowest BCUT2D eigenvalue weighted by molar-refractivity contribution is -0.131. The minimum Gasteiger partial charge on any atom is -0.389 e. The van der Waals surface area contributed by atoms with E-state index in [4.69, 9.17) is 18.0 Å². The summed E-state index contributed by atoms with van der Waals surface area (Å²) in [5.74, 6) is 0.176. The fourth-order valence-corrected chi connectivity index (χ4v) is 3.56. The number of rotatable bonds is 3. The molecule has 2 aromatic rings. The predicted molar refractivity (Wildman–Crippen MR) is 89.5 cm³/mol. The Hall–Kier alpha value is -1.72. The number of fused-ring (bicyclic) bond motifs is 1. The molecule has 0 aliphatic carbocycles. The molecule has 3 rings (SSSR count). The quantitative estimate of drug-likeness (QED) is 0.885. The van der Waals surface area contributed by atoms with Crippen LogP contribution in [0.4, 0.5) is 0 Å². The topological polar surface area (TPSA) is 46.3 Å². The highest BCUT2D eigenvalue weighted by atomic mass is 32.1. The summed E-state index contributed by atoms with van der Waals surface area (Å²) in [6.45, 7) is 1.56. The maximum Gasteiger partial charge on any atom is 0.227 e. The molecule has 0 fully saturated rings. The summed E-state index contributed by atoms with van der Waals surface area (Å²) in [4.78, 5) is 16.1. The highest BCUT2D eigenvalue weighted by Gasteiger charge is 2.21. The van der Waals surface area contributed by atoms with Crippen LogP contribution in [0.25, 0.3) is 0 Å². The van der Waals surface area contributed by atoms with E-state index in [9.17, 15) is 4.79 Å². The van der Waals surface area contributed by atoms with Gasteiger partial charge in [-0.25, -0.2) is 0 Å². The molecule has 0 saturated heterocycles. The zero-order valence-electron chi connectivity index (χ0n) is 11.5. The molecular weight excluding hydrogens is 300 g/mol. The first kappa shape index (κ1) is 14.2. The van der Waals surface area contributed by atoms with Crippen LogP contribution in [-0.2, 0) is 24.2 Å². The number of amides is 1. The highest BCUT2D eigenvalue weighted by molar-refractivity contribution is 7.80. The van der Waals surface area contributed by atoms with Gasteiger partial charge >= 0.3 is 0 Å². The van der Waals surface area contributed by atoms with Gasteiger partial charge in [-0.15, -0.1) is 11.3 Å². The third-order valence-corrected chi connectivity index (χ3v) is 5.01. The summed E-state index contributed by atoms with van der Waals surface area (Å²) < 4.78 is 0. The Balaban J connectivity index is 1.65. The van der Waals surface area contributed by atoms with E-state index < -0.39 is 0 Å². The van der Waals surface area contributed by atoms with E-state index >= 15 is 0 Å². The van der Waals surface area contributed by atoms with Crippen LogP contribution in [0.5, 0.6) is 0 Å². The van der Waals surface area contributed by atoms with E-state index in [0.29, 0.717) is 11.4 Å². The van der Waals surface area contributed by atoms with Crippen molar-refractivity contribution < 1.29 is 4.79 Å². The Kier molecular flexibility index (Phi) is 4.03. The average Bonchev–Trinajstić information content (AvgIpc) is 2.95. The Morgan fingerprint density at radius 1 is 1.29 bits per heavy atom. The lowest BCUT2D eigenvalue weighted by Gasteiger charge is -2.27. The van der Waals surface area contributed by atoms with Crippen LogP contribution in [0.2, 0.25) is 0 Å². The molecule has 0 unspecified atom stereocenters. The van der Waals surface area contributed by atoms with E-state index in [1.165, 1.54) is 10.4 Å². The Morgan fingerprint density at radius 3 is 2.76 bits per heavy atom. The molecule has 1 aliphatic heterocycles. The number of nitrogens with two attached hydrogens (primary N) is 1. The van der Waals surface area contributed by atoms with Crippen molar-refractivity contribution in [2.45, 2.75) is 19.4 Å². The van der Waals surface area contributed by atoms with Gasteiger partial charge in [-0.3, -0.25) is 4.79 Å². The molecule has 3 nitrogen and oxygen atoms in total. The fraction of sp³-hybridized carbons (Fsp3) is 0.250. The minimum absolute atomic E-state index is 0.176. The Labute approximate surface area is 133 Å². The van der Waals surface area contributed by atoms with E-state index in [0.717, 1.165) is 30.6 Å². The van der Waals surface area contributed by atoms with Crippen molar-refractivity contribution in [1.82, 2.24) is 4.90 Å². The van der Waals surface area contributed by atoms with Crippen molar-refractivity contribution in [3.63, 3.8) is 0 Å². The van der Waals surface area contributed by atoms with Gasteiger partial charge in [0.05, 0.1) is 6.42 Å². The van der Waals surface area contributed by atoms with Crippen LogP contribution >= 0.6 is 23.6 Å². The molecule has 1 amide bonds. The molecule has 1 aromatic heterocycles. The standard InChI is InChI=1S/C16H16N2OS2/c17-16(20)12-3-1-11(2-4-12)9-15(19)18-7-5-14-13(10-18)6-8-21-14/h1-4,6,8H,5,7,9-10H2,(H2,17,20). The van der Waals surface area contributed by atoms with Crippen molar-refractivity contribution in [2.75, 3.05) is 6.54 Å². The van der Waals surface area contributed by atoms with Gasteiger partial charge in [0.25, 0.3) is 0 Å². The first-order valence-electron chi connectivity index (χ1n) is 6.85. The minimum atomic E-state index is 0.176. The number of benzene rings is 1.